The highest BCUT2D eigenvalue weighted by molar-refractivity contribution is 7.91. The standard InChI is InChI=1S/C25H22N2O6S/c1-15-7-6-9-19(16(15)2)26-23(28)14-27-20-13-17(25(30)33-3)11-12-22(20)34(31,32)21-10-5-4-8-18(21)24(27)29/h4-13H,14H2,1-3H3,(H,26,28). The average molecular weight is 479 g/mol. The number of methoxy groups -OCH3 is 1. The Bertz CT molecular complexity index is 1450. The molecule has 0 aliphatic carbocycles. The van der Waals surface area contributed by atoms with Crippen molar-refractivity contribution in [3.63, 3.8) is 0 Å². The highest BCUT2D eigenvalue weighted by Gasteiger charge is 2.37. The minimum absolute atomic E-state index is 0.0511. The lowest BCUT2D eigenvalue weighted by Gasteiger charge is -2.23. The molecule has 0 atom stereocenters. The Balaban J connectivity index is 1.84. The van der Waals surface area contributed by atoms with E-state index in [9.17, 15) is 22.8 Å². The lowest BCUT2D eigenvalue weighted by Crippen LogP contribution is -2.38. The van der Waals surface area contributed by atoms with Gasteiger partial charge in [0, 0.05) is 5.69 Å². The fraction of sp³-hybridized carbons (Fsp3) is 0.160. The van der Waals surface area contributed by atoms with Crippen LogP contribution in [0.5, 0.6) is 0 Å². The highest BCUT2D eigenvalue weighted by Crippen LogP contribution is 2.37. The van der Waals surface area contributed by atoms with Gasteiger partial charge >= 0.3 is 5.97 Å². The number of hydrogen-bond donors (Lipinski definition) is 1. The van der Waals surface area contributed by atoms with Crippen molar-refractivity contribution in [3.05, 3.63) is 82.9 Å². The molecule has 174 valence electrons. The molecule has 1 N–H and O–H groups in total. The first-order chi connectivity index (χ1) is 16.1. The van der Waals surface area contributed by atoms with Gasteiger partial charge in [-0.3, -0.25) is 14.5 Å². The summed E-state index contributed by atoms with van der Waals surface area (Å²) in [4.78, 5) is 39.4. The molecule has 0 saturated carbocycles. The zero-order valence-electron chi connectivity index (χ0n) is 18.8. The van der Waals surface area contributed by atoms with Gasteiger partial charge in [0.15, 0.2) is 0 Å². The van der Waals surface area contributed by atoms with Gasteiger partial charge in [0.1, 0.15) is 6.54 Å². The number of carbonyl (C=O) groups is 3. The third-order valence-electron chi connectivity index (χ3n) is 5.79. The minimum atomic E-state index is -4.11. The van der Waals surface area contributed by atoms with Gasteiger partial charge in [0.05, 0.1) is 33.7 Å². The Morgan fingerprint density at radius 2 is 1.71 bits per heavy atom. The normalized spacial score (nSPS) is 14.0. The predicted molar refractivity (Wildman–Crippen MR) is 126 cm³/mol. The van der Waals surface area contributed by atoms with Gasteiger partial charge in [0.2, 0.25) is 15.7 Å². The fourth-order valence-electron chi connectivity index (χ4n) is 3.83. The molecule has 0 spiro atoms. The molecular weight excluding hydrogens is 456 g/mol. The average Bonchev–Trinajstić information content (AvgIpc) is 2.89. The molecule has 4 rings (SSSR count). The summed E-state index contributed by atoms with van der Waals surface area (Å²) in [6.45, 7) is 3.31. The van der Waals surface area contributed by atoms with Crippen molar-refractivity contribution in [1.29, 1.82) is 0 Å². The molecule has 1 aliphatic rings. The van der Waals surface area contributed by atoms with Crippen molar-refractivity contribution in [3.8, 4) is 0 Å². The number of aryl methyl sites for hydroxylation is 1. The Morgan fingerprint density at radius 3 is 2.44 bits per heavy atom. The van der Waals surface area contributed by atoms with Gasteiger partial charge in [-0.05, 0) is 61.4 Å². The van der Waals surface area contributed by atoms with Crippen LogP contribution in [0.1, 0.15) is 31.8 Å². The molecule has 1 aliphatic heterocycles. The molecular formula is C25H22N2O6S. The second-order valence-corrected chi connectivity index (χ2v) is 9.75. The summed E-state index contributed by atoms with van der Waals surface area (Å²) < 4.78 is 31.6. The van der Waals surface area contributed by atoms with Crippen LogP contribution in [0.25, 0.3) is 0 Å². The van der Waals surface area contributed by atoms with Crippen LogP contribution < -0.4 is 10.2 Å². The molecule has 0 bridgehead atoms. The van der Waals surface area contributed by atoms with E-state index in [2.05, 4.69) is 5.32 Å². The predicted octanol–water partition coefficient (Wildman–Crippen LogP) is 3.52. The van der Waals surface area contributed by atoms with Crippen LogP contribution >= 0.6 is 0 Å². The first-order valence-electron chi connectivity index (χ1n) is 10.4. The summed E-state index contributed by atoms with van der Waals surface area (Å²) in [6, 6.07) is 15.1. The molecule has 0 aromatic heterocycles. The summed E-state index contributed by atoms with van der Waals surface area (Å²) in [5.74, 6) is -1.89. The van der Waals surface area contributed by atoms with Crippen molar-refractivity contribution >= 4 is 39.0 Å². The third kappa shape index (κ3) is 3.94. The van der Waals surface area contributed by atoms with Crippen LogP contribution in [0, 0.1) is 13.8 Å². The number of benzene rings is 3. The lowest BCUT2D eigenvalue weighted by molar-refractivity contribution is -0.114. The summed E-state index contributed by atoms with van der Waals surface area (Å²) in [6.07, 6.45) is 0. The quantitative estimate of drug-likeness (QED) is 0.575. The van der Waals surface area contributed by atoms with Crippen LogP contribution in [0.3, 0.4) is 0 Å². The van der Waals surface area contributed by atoms with Gasteiger partial charge in [0.25, 0.3) is 5.91 Å². The highest BCUT2D eigenvalue weighted by atomic mass is 32.2. The number of sulfone groups is 1. The first kappa shape index (κ1) is 23.2. The van der Waals surface area contributed by atoms with Crippen molar-refractivity contribution in [2.75, 3.05) is 23.9 Å². The number of hydrogen-bond acceptors (Lipinski definition) is 6. The number of fused-ring (bicyclic) bond motifs is 2. The number of nitrogens with zero attached hydrogens (tertiary/aromatic N) is 1. The second kappa shape index (κ2) is 8.75. The van der Waals surface area contributed by atoms with E-state index in [1.165, 1.54) is 43.5 Å². The monoisotopic (exact) mass is 478 g/mol. The van der Waals surface area contributed by atoms with Crippen LogP contribution in [0.15, 0.2) is 70.5 Å². The zero-order chi connectivity index (χ0) is 24.6. The van der Waals surface area contributed by atoms with Gasteiger partial charge in [-0.15, -0.1) is 0 Å². The smallest absolute Gasteiger partial charge is 0.337 e. The SMILES string of the molecule is COC(=O)c1ccc2c(c1)N(CC(=O)Nc1cccc(C)c1C)C(=O)c1ccccc1S2(=O)=O. The number of anilines is 2. The Kier molecular flexibility index (Phi) is 5.97. The number of ether oxygens (including phenoxy) is 1. The minimum Gasteiger partial charge on any atom is -0.465 e. The number of amides is 2. The van der Waals surface area contributed by atoms with Gasteiger partial charge < -0.3 is 10.1 Å². The van der Waals surface area contributed by atoms with E-state index in [1.54, 1.807) is 18.2 Å². The van der Waals surface area contributed by atoms with Crippen LogP contribution in [0.4, 0.5) is 11.4 Å². The van der Waals surface area contributed by atoms with Crippen LogP contribution in [0.2, 0.25) is 0 Å². The van der Waals surface area contributed by atoms with Gasteiger partial charge in [-0.25, -0.2) is 13.2 Å². The Hall–Kier alpha value is -3.98. The Morgan fingerprint density at radius 1 is 0.971 bits per heavy atom. The van der Waals surface area contributed by atoms with E-state index in [0.29, 0.717) is 5.69 Å². The van der Waals surface area contributed by atoms with E-state index in [0.717, 1.165) is 16.0 Å². The van der Waals surface area contributed by atoms with Gasteiger partial charge in [-0.2, -0.15) is 0 Å². The van der Waals surface area contributed by atoms with E-state index >= 15 is 0 Å². The largest absolute Gasteiger partial charge is 0.465 e. The van der Waals surface area contributed by atoms with Gasteiger partial charge in [-0.1, -0.05) is 24.3 Å². The number of carbonyl (C=O) groups excluding carboxylic acids is 3. The topological polar surface area (TPSA) is 110 Å². The third-order valence-corrected chi connectivity index (χ3v) is 7.65. The molecule has 3 aromatic carbocycles. The number of esters is 1. The fourth-order valence-corrected chi connectivity index (χ4v) is 5.46. The lowest BCUT2D eigenvalue weighted by atomic mass is 10.1. The summed E-state index contributed by atoms with van der Waals surface area (Å²) in [5.41, 5.74) is 2.37. The van der Waals surface area contributed by atoms with Crippen molar-refractivity contribution < 1.29 is 27.5 Å². The zero-order valence-corrected chi connectivity index (χ0v) is 19.6. The van der Waals surface area contributed by atoms with E-state index in [4.69, 9.17) is 4.74 Å². The summed E-state index contributed by atoms with van der Waals surface area (Å²) >= 11 is 0. The molecule has 1 heterocycles. The van der Waals surface area contributed by atoms with E-state index < -0.39 is 34.2 Å². The maximum atomic E-state index is 13.5. The number of rotatable bonds is 4. The van der Waals surface area contributed by atoms with E-state index in [-0.39, 0.29) is 26.6 Å². The molecule has 34 heavy (non-hydrogen) atoms. The van der Waals surface area contributed by atoms with Crippen molar-refractivity contribution in [2.45, 2.75) is 23.6 Å². The second-order valence-electron chi connectivity index (χ2n) is 7.86. The number of nitrogens with one attached hydrogen (secondary N) is 1. The molecule has 0 saturated heterocycles. The Labute approximate surface area is 197 Å². The van der Waals surface area contributed by atoms with Crippen molar-refractivity contribution in [2.24, 2.45) is 0 Å². The molecule has 0 radical (unpaired) electrons. The molecule has 8 nitrogen and oxygen atoms in total. The molecule has 2 amide bonds. The molecule has 9 heteroatoms. The van der Waals surface area contributed by atoms with Crippen molar-refractivity contribution in [1.82, 2.24) is 0 Å². The molecule has 0 unspecified atom stereocenters. The maximum Gasteiger partial charge on any atom is 0.337 e. The van der Waals surface area contributed by atoms with E-state index in [1.807, 2.05) is 19.9 Å². The first-order valence-corrected chi connectivity index (χ1v) is 11.9. The summed E-state index contributed by atoms with van der Waals surface area (Å²) in [5, 5.41) is 2.79. The molecule has 0 fully saturated rings. The van der Waals surface area contributed by atoms with Crippen LogP contribution in [-0.2, 0) is 19.4 Å². The van der Waals surface area contributed by atoms with Crippen LogP contribution in [-0.4, -0.2) is 39.9 Å². The summed E-state index contributed by atoms with van der Waals surface area (Å²) in [7, 11) is -2.91. The maximum absolute atomic E-state index is 13.5. The molecule has 3 aromatic rings.